The lowest BCUT2D eigenvalue weighted by Crippen LogP contribution is -2.45. The summed E-state index contributed by atoms with van der Waals surface area (Å²) in [7, 11) is 0. The number of rotatable bonds is 5. The molecule has 2 aliphatic heterocycles. The summed E-state index contributed by atoms with van der Waals surface area (Å²) in [5, 5.41) is 5.52. The summed E-state index contributed by atoms with van der Waals surface area (Å²) in [6.07, 6.45) is 1.82. The Balaban J connectivity index is 1.32. The molecule has 2 N–H and O–H groups in total. The van der Waals surface area contributed by atoms with Crippen LogP contribution in [0.4, 0.5) is 26.4 Å². The SMILES string of the molecule is C[C@@H]1CN(c2ccc(NC(=O)NCc3ccnc(N4CCOCC4)c3)cc2F)C[C@H](C)O1. The van der Waals surface area contributed by atoms with Crippen molar-refractivity contribution in [3.05, 3.63) is 47.9 Å². The molecule has 0 spiro atoms. The Morgan fingerprint density at radius 1 is 1.12 bits per heavy atom. The molecule has 4 rings (SSSR count). The molecule has 8 nitrogen and oxygen atoms in total. The summed E-state index contributed by atoms with van der Waals surface area (Å²) in [6.45, 7) is 8.54. The molecular formula is C23H30FN5O3. The zero-order chi connectivity index (χ0) is 22.5. The standard InChI is InChI=1S/C23H30FN5O3/c1-16-14-29(15-17(2)32-16)21-4-3-19(12-20(21)24)27-23(30)26-13-18-5-6-25-22(11-18)28-7-9-31-10-8-28/h3-6,11-12,16-17H,7-10,13-15H2,1-2H3,(H2,26,27,30)/t16-,17+. The van der Waals surface area contributed by atoms with Crippen LogP contribution in [0.2, 0.25) is 0 Å². The maximum Gasteiger partial charge on any atom is 0.319 e. The van der Waals surface area contributed by atoms with Crippen LogP contribution in [0.1, 0.15) is 19.4 Å². The van der Waals surface area contributed by atoms with Gasteiger partial charge in [-0.15, -0.1) is 0 Å². The lowest BCUT2D eigenvalue weighted by Gasteiger charge is -2.37. The quantitative estimate of drug-likeness (QED) is 0.740. The van der Waals surface area contributed by atoms with E-state index in [-0.39, 0.29) is 18.0 Å². The van der Waals surface area contributed by atoms with Gasteiger partial charge in [0.25, 0.3) is 0 Å². The van der Waals surface area contributed by atoms with E-state index in [1.807, 2.05) is 30.9 Å². The molecule has 0 aliphatic carbocycles. The number of urea groups is 1. The van der Waals surface area contributed by atoms with Gasteiger partial charge in [-0.1, -0.05) is 0 Å². The highest BCUT2D eigenvalue weighted by atomic mass is 19.1. The minimum atomic E-state index is -0.393. The highest BCUT2D eigenvalue weighted by molar-refractivity contribution is 5.89. The Bertz CT molecular complexity index is 928. The zero-order valence-corrected chi connectivity index (χ0v) is 18.5. The number of aromatic nitrogens is 1. The highest BCUT2D eigenvalue weighted by Crippen LogP contribution is 2.26. The van der Waals surface area contributed by atoms with Crippen molar-refractivity contribution in [2.45, 2.75) is 32.6 Å². The first kappa shape index (κ1) is 22.3. The molecule has 172 valence electrons. The zero-order valence-electron chi connectivity index (χ0n) is 18.5. The van der Waals surface area contributed by atoms with Crippen molar-refractivity contribution in [2.75, 3.05) is 54.5 Å². The molecule has 9 heteroatoms. The van der Waals surface area contributed by atoms with Gasteiger partial charge in [-0.25, -0.2) is 14.2 Å². The van der Waals surface area contributed by atoms with Crippen LogP contribution >= 0.6 is 0 Å². The number of ether oxygens (including phenoxy) is 2. The molecule has 32 heavy (non-hydrogen) atoms. The van der Waals surface area contributed by atoms with Crippen molar-refractivity contribution in [1.82, 2.24) is 10.3 Å². The average molecular weight is 444 g/mol. The number of amides is 2. The fraction of sp³-hybridized carbons (Fsp3) is 0.478. The lowest BCUT2D eigenvalue weighted by molar-refractivity contribution is -0.00539. The van der Waals surface area contributed by atoms with Crippen molar-refractivity contribution in [1.29, 1.82) is 0 Å². The molecule has 1 aromatic heterocycles. The predicted molar refractivity (Wildman–Crippen MR) is 122 cm³/mol. The van der Waals surface area contributed by atoms with E-state index in [4.69, 9.17) is 9.47 Å². The first-order valence-electron chi connectivity index (χ1n) is 11.0. The van der Waals surface area contributed by atoms with Gasteiger partial charge in [0, 0.05) is 44.6 Å². The van der Waals surface area contributed by atoms with Crippen LogP contribution in [0.15, 0.2) is 36.5 Å². The van der Waals surface area contributed by atoms with Gasteiger partial charge in [0.1, 0.15) is 11.6 Å². The number of carbonyl (C=O) groups is 1. The number of pyridine rings is 1. The van der Waals surface area contributed by atoms with E-state index in [9.17, 15) is 9.18 Å². The van der Waals surface area contributed by atoms with Gasteiger partial charge in [-0.2, -0.15) is 0 Å². The highest BCUT2D eigenvalue weighted by Gasteiger charge is 2.24. The second-order valence-electron chi connectivity index (χ2n) is 8.26. The first-order chi connectivity index (χ1) is 15.5. The third-order valence-electron chi connectivity index (χ3n) is 5.56. The molecule has 3 heterocycles. The van der Waals surface area contributed by atoms with E-state index >= 15 is 0 Å². The van der Waals surface area contributed by atoms with E-state index in [0.29, 0.717) is 44.2 Å². The lowest BCUT2D eigenvalue weighted by atomic mass is 10.2. The molecule has 2 amide bonds. The van der Waals surface area contributed by atoms with Crippen molar-refractivity contribution in [2.24, 2.45) is 0 Å². The van der Waals surface area contributed by atoms with E-state index in [1.165, 1.54) is 6.07 Å². The minimum absolute atomic E-state index is 0.0404. The van der Waals surface area contributed by atoms with E-state index < -0.39 is 6.03 Å². The Kier molecular flexibility index (Phi) is 7.06. The normalized spacial score (nSPS) is 21.3. The van der Waals surface area contributed by atoms with Crippen LogP contribution in [0, 0.1) is 5.82 Å². The number of nitrogens with one attached hydrogen (secondary N) is 2. The summed E-state index contributed by atoms with van der Waals surface area (Å²) < 4.78 is 25.8. The molecule has 2 saturated heterocycles. The number of benzene rings is 1. The van der Waals surface area contributed by atoms with Gasteiger partial charge < -0.3 is 29.9 Å². The van der Waals surface area contributed by atoms with Crippen molar-refractivity contribution < 1.29 is 18.7 Å². The number of hydrogen-bond donors (Lipinski definition) is 2. The fourth-order valence-electron chi connectivity index (χ4n) is 4.11. The third kappa shape index (κ3) is 5.66. The molecule has 1 aromatic carbocycles. The minimum Gasteiger partial charge on any atom is -0.378 e. The maximum absolute atomic E-state index is 14.7. The van der Waals surface area contributed by atoms with Gasteiger partial charge in [-0.3, -0.25) is 0 Å². The maximum atomic E-state index is 14.7. The van der Waals surface area contributed by atoms with Gasteiger partial charge in [-0.05, 0) is 49.7 Å². The van der Waals surface area contributed by atoms with E-state index in [0.717, 1.165) is 24.5 Å². The van der Waals surface area contributed by atoms with Crippen LogP contribution < -0.4 is 20.4 Å². The number of morpholine rings is 2. The molecule has 2 atom stereocenters. The number of hydrogen-bond acceptors (Lipinski definition) is 6. The Morgan fingerprint density at radius 2 is 1.88 bits per heavy atom. The van der Waals surface area contributed by atoms with Crippen LogP contribution in [0.5, 0.6) is 0 Å². The summed E-state index contributed by atoms with van der Waals surface area (Å²) in [6, 6.07) is 8.20. The monoisotopic (exact) mass is 443 g/mol. The van der Waals surface area contributed by atoms with Crippen LogP contribution in [0.25, 0.3) is 0 Å². The van der Waals surface area contributed by atoms with Gasteiger partial charge in [0.15, 0.2) is 0 Å². The Hall–Kier alpha value is -2.91. The second-order valence-corrected chi connectivity index (χ2v) is 8.26. The molecule has 2 fully saturated rings. The summed E-state index contributed by atoms with van der Waals surface area (Å²) in [4.78, 5) is 20.9. The number of halogens is 1. The van der Waals surface area contributed by atoms with E-state index in [1.54, 1.807) is 18.3 Å². The van der Waals surface area contributed by atoms with Crippen LogP contribution in [0.3, 0.4) is 0 Å². The molecule has 0 bridgehead atoms. The van der Waals surface area contributed by atoms with Crippen LogP contribution in [-0.2, 0) is 16.0 Å². The first-order valence-corrected chi connectivity index (χ1v) is 11.0. The number of carbonyl (C=O) groups excluding carboxylic acids is 1. The molecule has 0 radical (unpaired) electrons. The van der Waals surface area contributed by atoms with Crippen molar-refractivity contribution in [3.63, 3.8) is 0 Å². The molecular weight excluding hydrogens is 413 g/mol. The summed E-state index contributed by atoms with van der Waals surface area (Å²) in [5.74, 6) is 0.505. The van der Waals surface area contributed by atoms with Gasteiger partial charge in [0.05, 0.1) is 31.1 Å². The molecule has 2 aliphatic rings. The Labute approximate surface area is 187 Å². The predicted octanol–water partition coefficient (Wildman–Crippen LogP) is 2.99. The largest absolute Gasteiger partial charge is 0.378 e. The number of anilines is 3. The average Bonchev–Trinajstić information content (AvgIpc) is 2.78. The smallest absolute Gasteiger partial charge is 0.319 e. The summed E-state index contributed by atoms with van der Waals surface area (Å²) in [5.41, 5.74) is 1.86. The number of nitrogens with zero attached hydrogens (tertiary/aromatic N) is 3. The summed E-state index contributed by atoms with van der Waals surface area (Å²) >= 11 is 0. The van der Waals surface area contributed by atoms with Gasteiger partial charge >= 0.3 is 6.03 Å². The van der Waals surface area contributed by atoms with Crippen molar-refractivity contribution >= 4 is 23.2 Å². The van der Waals surface area contributed by atoms with E-state index in [2.05, 4.69) is 20.5 Å². The fourth-order valence-corrected chi connectivity index (χ4v) is 4.11. The second kappa shape index (κ2) is 10.1. The molecule has 0 unspecified atom stereocenters. The van der Waals surface area contributed by atoms with Crippen LogP contribution in [-0.4, -0.2) is 62.6 Å². The van der Waals surface area contributed by atoms with Gasteiger partial charge in [0.2, 0.25) is 0 Å². The molecule has 2 aromatic rings. The molecule has 0 saturated carbocycles. The third-order valence-corrected chi connectivity index (χ3v) is 5.56. The topological polar surface area (TPSA) is 79.0 Å². The van der Waals surface area contributed by atoms with Crippen molar-refractivity contribution in [3.8, 4) is 0 Å². The Morgan fingerprint density at radius 3 is 2.59 bits per heavy atom.